The van der Waals surface area contributed by atoms with Crippen LogP contribution < -0.4 is 15.4 Å². The van der Waals surface area contributed by atoms with Crippen molar-refractivity contribution in [3.63, 3.8) is 0 Å². The molecule has 2 aromatic rings. The maximum atomic E-state index is 5.60. The molecule has 1 aliphatic rings. The highest BCUT2D eigenvalue weighted by molar-refractivity contribution is 14.0. The molecule has 2 heterocycles. The third-order valence-corrected chi connectivity index (χ3v) is 5.10. The number of rotatable bonds is 8. The van der Waals surface area contributed by atoms with Crippen molar-refractivity contribution < 1.29 is 4.74 Å². The van der Waals surface area contributed by atoms with Gasteiger partial charge in [0.1, 0.15) is 0 Å². The Labute approximate surface area is 203 Å². The summed E-state index contributed by atoms with van der Waals surface area (Å²) < 4.78 is 5.60. The molecule has 6 nitrogen and oxygen atoms in total. The van der Waals surface area contributed by atoms with Crippen molar-refractivity contribution in [2.75, 3.05) is 19.6 Å². The average molecular weight is 537 g/mol. The smallest absolute Gasteiger partial charge is 0.213 e. The van der Waals surface area contributed by atoms with Gasteiger partial charge in [-0.25, -0.2) is 9.98 Å². The number of aliphatic imine (C=N–C) groups is 1. The largest absolute Gasteiger partial charge is 0.475 e. The number of benzene rings is 1. The second kappa shape index (κ2) is 13.5. The van der Waals surface area contributed by atoms with E-state index in [2.05, 4.69) is 57.8 Å². The minimum atomic E-state index is 0. The van der Waals surface area contributed by atoms with Crippen LogP contribution >= 0.6 is 24.0 Å². The molecule has 0 unspecified atom stereocenters. The summed E-state index contributed by atoms with van der Waals surface area (Å²) in [4.78, 5) is 11.7. The number of aromatic nitrogens is 1. The fourth-order valence-corrected chi connectivity index (χ4v) is 3.58. The molecule has 7 heteroatoms. The van der Waals surface area contributed by atoms with Gasteiger partial charge in [0.15, 0.2) is 5.96 Å². The van der Waals surface area contributed by atoms with Gasteiger partial charge in [-0.05, 0) is 44.7 Å². The van der Waals surface area contributed by atoms with Crippen LogP contribution in [0.15, 0.2) is 53.7 Å². The van der Waals surface area contributed by atoms with Crippen LogP contribution in [-0.4, -0.2) is 47.6 Å². The van der Waals surface area contributed by atoms with E-state index in [4.69, 9.17) is 9.73 Å². The van der Waals surface area contributed by atoms with Crippen molar-refractivity contribution in [1.29, 1.82) is 0 Å². The van der Waals surface area contributed by atoms with Crippen molar-refractivity contribution in [3.8, 4) is 5.88 Å². The van der Waals surface area contributed by atoms with Crippen molar-refractivity contribution in [3.05, 3.63) is 59.8 Å². The van der Waals surface area contributed by atoms with Gasteiger partial charge in [0.2, 0.25) is 5.88 Å². The first-order valence-corrected chi connectivity index (χ1v) is 11.0. The predicted molar refractivity (Wildman–Crippen MR) is 138 cm³/mol. The molecule has 0 saturated carbocycles. The van der Waals surface area contributed by atoms with Gasteiger partial charge in [-0.3, -0.25) is 4.90 Å². The maximum Gasteiger partial charge on any atom is 0.213 e. The van der Waals surface area contributed by atoms with E-state index in [1.54, 1.807) is 0 Å². The van der Waals surface area contributed by atoms with Gasteiger partial charge in [-0.2, -0.15) is 0 Å². The number of piperidine rings is 1. The molecule has 1 fully saturated rings. The topological polar surface area (TPSA) is 61.8 Å². The number of halogens is 1. The highest BCUT2D eigenvalue weighted by atomic mass is 127. The molecule has 0 spiro atoms. The minimum Gasteiger partial charge on any atom is -0.475 e. The Kier molecular flexibility index (Phi) is 11.1. The first-order valence-electron chi connectivity index (χ1n) is 11.0. The number of pyridine rings is 1. The zero-order valence-corrected chi connectivity index (χ0v) is 21.2. The molecular weight excluding hydrogens is 501 g/mol. The molecule has 0 amide bonds. The predicted octanol–water partition coefficient (Wildman–Crippen LogP) is 4.21. The SMILES string of the molecule is CCNC(=NCc1ccc(OC(C)C)nc1)NC1CCN(Cc2ccccc2)CC1.I. The first kappa shape index (κ1) is 25.4. The Morgan fingerprint density at radius 2 is 1.87 bits per heavy atom. The molecule has 0 radical (unpaired) electrons. The van der Waals surface area contributed by atoms with Crippen molar-refractivity contribution >= 4 is 29.9 Å². The van der Waals surface area contributed by atoms with E-state index in [1.807, 2.05) is 32.2 Å². The summed E-state index contributed by atoms with van der Waals surface area (Å²) in [5.74, 6) is 1.53. The van der Waals surface area contributed by atoms with Gasteiger partial charge in [-0.15, -0.1) is 24.0 Å². The molecular formula is C24H36IN5O. The van der Waals surface area contributed by atoms with Crippen molar-refractivity contribution in [2.45, 2.75) is 58.8 Å². The Balaban J connectivity index is 0.00000341. The number of likely N-dealkylation sites (tertiary alicyclic amines) is 1. The van der Waals surface area contributed by atoms with Crippen LogP contribution in [0.4, 0.5) is 0 Å². The molecule has 0 aliphatic carbocycles. The van der Waals surface area contributed by atoms with Crippen LogP contribution in [0.1, 0.15) is 44.7 Å². The van der Waals surface area contributed by atoms with Gasteiger partial charge < -0.3 is 15.4 Å². The van der Waals surface area contributed by atoms with Gasteiger partial charge >= 0.3 is 0 Å². The van der Waals surface area contributed by atoms with Crippen LogP contribution in [0, 0.1) is 0 Å². The van der Waals surface area contributed by atoms with E-state index < -0.39 is 0 Å². The lowest BCUT2D eigenvalue weighted by molar-refractivity contribution is 0.198. The summed E-state index contributed by atoms with van der Waals surface area (Å²) in [7, 11) is 0. The second-order valence-corrected chi connectivity index (χ2v) is 8.05. The minimum absolute atomic E-state index is 0. The van der Waals surface area contributed by atoms with Crippen LogP contribution in [-0.2, 0) is 13.1 Å². The van der Waals surface area contributed by atoms with Crippen LogP contribution in [0.2, 0.25) is 0 Å². The molecule has 1 aromatic carbocycles. The molecule has 1 aromatic heterocycles. The summed E-state index contributed by atoms with van der Waals surface area (Å²) in [5.41, 5.74) is 2.46. The summed E-state index contributed by atoms with van der Waals surface area (Å²) in [6, 6.07) is 15.1. The summed E-state index contributed by atoms with van der Waals surface area (Å²) in [6.45, 7) is 10.8. The third-order valence-electron chi connectivity index (χ3n) is 5.10. The van der Waals surface area contributed by atoms with E-state index in [0.29, 0.717) is 18.5 Å². The Morgan fingerprint density at radius 1 is 1.13 bits per heavy atom. The van der Waals surface area contributed by atoms with Crippen LogP contribution in [0.25, 0.3) is 0 Å². The number of nitrogens with one attached hydrogen (secondary N) is 2. The summed E-state index contributed by atoms with van der Waals surface area (Å²) in [5, 5.41) is 6.99. The Morgan fingerprint density at radius 3 is 2.48 bits per heavy atom. The van der Waals surface area contributed by atoms with Crippen LogP contribution in [0.3, 0.4) is 0 Å². The van der Waals surface area contributed by atoms with E-state index in [-0.39, 0.29) is 30.1 Å². The second-order valence-electron chi connectivity index (χ2n) is 8.05. The third kappa shape index (κ3) is 9.03. The quantitative estimate of drug-likeness (QED) is 0.300. The molecule has 0 bridgehead atoms. The number of nitrogens with zero attached hydrogens (tertiary/aromatic N) is 3. The van der Waals surface area contributed by atoms with Crippen molar-refractivity contribution in [1.82, 2.24) is 20.5 Å². The normalized spacial score (nSPS) is 15.4. The van der Waals surface area contributed by atoms with Gasteiger partial charge in [0.05, 0.1) is 12.6 Å². The van der Waals surface area contributed by atoms with E-state index in [9.17, 15) is 0 Å². The van der Waals surface area contributed by atoms with Gasteiger partial charge in [0.25, 0.3) is 0 Å². The molecule has 1 saturated heterocycles. The fraction of sp³-hybridized carbons (Fsp3) is 0.500. The monoisotopic (exact) mass is 537 g/mol. The Bertz CT molecular complexity index is 774. The average Bonchev–Trinajstić information content (AvgIpc) is 2.75. The lowest BCUT2D eigenvalue weighted by Gasteiger charge is -2.33. The molecule has 0 atom stereocenters. The van der Waals surface area contributed by atoms with E-state index in [1.165, 1.54) is 5.56 Å². The van der Waals surface area contributed by atoms with Crippen molar-refractivity contribution in [2.24, 2.45) is 4.99 Å². The lowest BCUT2D eigenvalue weighted by Crippen LogP contribution is -2.48. The van der Waals surface area contributed by atoms with Gasteiger partial charge in [0, 0.05) is 44.5 Å². The Hall–Kier alpha value is -1.87. The number of hydrogen-bond acceptors (Lipinski definition) is 4. The lowest BCUT2D eigenvalue weighted by atomic mass is 10.0. The summed E-state index contributed by atoms with van der Waals surface area (Å²) in [6.07, 6.45) is 4.22. The number of guanidine groups is 1. The molecule has 3 rings (SSSR count). The zero-order chi connectivity index (χ0) is 21.2. The maximum absolute atomic E-state index is 5.60. The van der Waals surface area contributed by atoms with Crippen LogP contribution in [0.5, 0.6) is 5.88 Å². The number of hydrogen-bond donors (Lipinski definition) is 2. The number of ether oxygens (including phenoxy) is 1. The zero-order valence-electron chi connectivity index (χ0n) is 18.9. The highest BCUT2D eigenvalue weighted by Crippen LogP contribution is 2.14. The summed E-state index contributed by atoms with van der Waals surface area (Å²) >= 11 is 0. The van der Waals surface area contributed by atoms with Gasteiger partial charge in [-0.1, -0.05) is 36.4 Å². The molecule has 2 N–H and O–H groups in total. The highest BCUT2D eigenvalue weighted by Gasteiger charge is 2.20. The van der Waals surface area contributed by atoms with E-state index >= 15 is 0 Å². The molecule has 170 valence electrons. The molecule has 1 aliphatic heterocycles. The molecule has 31 heavy (non-hydrogen) atoms. The first-order chi connectivity index (χ1) is 14.6. The standard InChI is InChI=1S/C24H35N5O.HI/c1-4-25-24(27-17-21-10-11-23(26-16-21)30-19(2)3)28-22-12-14-29(15-13-22)18-20-8-6-5-7-9-20;/h5-11,16,19,22H,4,12-15,17-18H2,1-3H3,(H2,25,27,28);1H. The van der Waals surface area contributed by atoms with E-state index in [0.717, 1.165) is 50.5 Å². The fourth-order valence-electron chi connectivity index (χ4n) is 3.58.